The third kappa shape index (κ3) is 4.91. The summed E-state index contributed by atoms with van der Waals surface area (Å²) in [6.07, 6.45) is 0. The molecule has 0 aliphatic rings. The van der Waals surface area contributed by atoms with Crippen LogP contribution in [-0.2, 0) is 4.79 Å². The molecule has 0 aliphatic carbocycles. The summed E-state index contributed by atoms with van der Waals surface area (Å²) in [4.78, 5) is 35.7. The number of amides is 2. The molecule has 21 heavy (non-hydrogen) atoms. The predicted octanol–water partition coefficient (Wildman–Crippen LogP) is 2.61. The zero-order valence-electron chi connectivity index (χ0n) is 12.6. The van der Waals surface area contributed by atoms with E-state index in [4.69, 9.17) is 5.11 Å². The highest BCUT2D eigenvalue weighted by Gasteiger charge is 2.28. The number of nitrogens with one attached hydrogen (secondary N) is 1. The molecule has 0 saturated carbocycles. The van der Waals surface area contributed by atoms with Gasteiger partial charge in [-0.05, 0) is 39.8 Å². The molecule has 1 aromatic carbocycles. The van der Waals surface area contributed by atoms with Gasteiger partial charge in [0, 0.05) is 16.8 Å². The Morgan fingerprint density at radius 3 is 2.33 bits per heavy atom. The topological polar surface area (TPSA) is 86.7 Å². The average molecular weight is 292 g/mol. The van der Waals surface area contributed by atoms with Crippen molar-refractivity contribution in [3.05, 3.63) is 29.8 Å². The Kier molecular flexibility index (Phi) is 5.07. The van der Waals surface area contributed by atoms with Gasteiger partial charge in [0.05, 0.1) is 0 Å². The van der Waals surface area contributed by atoms with E-state index in [1.54, 1.807) is 45.0 Å². The van der Waals surface area contributed by atoms with Crippen LogP contribution >= 0.6 is 0 Å². The number of hydrogen-bond acceptors (Lipinski definition) is 3. The molecule has 0 bridgehead atoms. The van der Waals surface area contributed by atoms with E-state index in [-0.39, 0.29) is 5.78 Å². The number of carboxylic acid groups (broad SMARTS) is 1. The Morgan fingerprint density at radius 2 is 1.86 bits per heavy atom. The van der Waals surface area contributed by atoms with E-state index >= 15 is 0 Å². The van der Waals surface area contributed by atoms with Crippen LogP contribution in [0.4, 0.5) is 10.5 Å². The number of rotatable bonds is 4. The summed E-state index contributed by atoms with van der Waals surface area (Å²) >= 11 is 0. The first-order valence-electron chi connectivity index (χ1n) is 6.52. The fourth-order valence-corrected chi connectivity index (χ4v) is 1.76. The van der Waals surface area contributed by atoms with Gasteiger partial charge in [-0.2, -0.15) is 0 Å². The van der Waals surface area contributed by atoms with Crippen molar-refractivity contribution < 1.29 is 19.5 Å². The van der Waals surface area contributed by atoms with Gasteiger partial charge in [-0.1, -0.05) is 12.1 Å². The zero-order chi connectivity index (χ0) is 16.2. The van der Waals surface area contributed by atoms with Crippen LogP contribution in [-0.4, -0.2) is 39.9 Å². The van der Waals surface area contributed by atoms with Crippen molar-refractivity contribution in [2.24, 2.45) is 0 Å². The molecule has 0 radical (unpaired) electrons. The van der Waals surface area contributed by atoms with Crippen LogP contribution in [0.1, 0.15) is 38.1 Å². The smallest absolute Gasteiger partial charge is 0.323 e. The Balaban J connectivity index is 2.94. The minimum Gasteiger partial charge on any atom is -0.480 e. The van der Waals surface area contributed by atoms with Crippen LogP contribution < -0.4 is 5.32 Å². The number of anilines is 1. The number of aliphatic carboxylic acids is 1. The van der Waals surface area contributed by atoms with Crippen LogP contribution in [0.3, 0.4) is 0 Å². The zero-order valence-corrected chi connectivity index (χ0v) is 12.6. The van der Waals surface area contributed by atoms with E-state index < -0.39 is 24.1 Å². The van der Waals surface area contributed by atoms with Gasteiger partial charge in [-0.25, -0.2) is 4.79 Å². The van der Waals surface area contributed by atoms with Gasteiger partial charge in [0.15, 0.2) is 5.78 Å². The van der Waals surface area contributed by atoms with Crippen molar-refractivity contribution in [3.8, 4) is 0 Å². The van der Waals surface area contributed by atoms with E-state index in [9.17, 15) is 14.4 Å². The first kappa shape index (κ1) is 16.7. The number of nitrogens with zero attached hydrogens (tertiary/aromatic N) is 1. The molecule has 1 rings (SSSR count). The van der Waals surface area contributed by atoms with E-state index in [1.165, 1.54) is 11.8 Å². The summed E-state index contributed by atoms with van der Waals surface area (Å²) in [5, 5.41) is 11.5. The summed E-state index contributed by atoms with van der Waals surface area (Å²) in [5.74, 6) is -1.19. The highest BCUT2D eigenvalue weighted by atomic mass is 16.4. The van der Waals surface area contributed by atoms with E-state index in [0.717, 1.165) is 0 Å². The molecule has 0 unspecified atom stereocenters. The predicted molar refractivity (Wildman–Crippen MR) is 79.6 cm³/mol. The third-order valence-corrected chi connectivity index (χ3v) is 2.87. The molecule has 0 fully saturated rings. The first-order valence-corrected chi connectivity index (χ1v) is 6.52. The number of carbonyl (C=O) groups is 3. The molecule has 0 heterocycles. The van der Waals surface area contributed by atoms with Crippen molar-refractivity contribution in [2.45, 2.75) is 33.2 Å². The molecular weight excluding hydrogens is 272 g/mol. The largest absolute Gasteiger partial charge is 0.480 e. The second-order valence-corrected chi connectivity index (χ2v) is 5.72. The summed E-state index contributed by atoms with van der Waals surface area (Å²) < 4.78 is 0. The lowest BCUT2D eigenvalue weighted by Crippen LogP contribution is -2.50. The Hall–Kier alpha value is -2.37. The number of benzene rings is 1. The second-order valence-electron chi connectivity index (χ2n) is 5.72. The highest BCUT2D eigenvalue weighted by molar-refractivity contribution is 5.97. The maximum atomic E-state index is 12.2. The first-order chi connectivity index (χ1) is 9.61. The maximum Gasteiger partial charge on any atom is 0.323 e. The van der Waals surface area contributed by atoms with Crippen LogP contribution in [0.15, 0.2) is 24.3 Å². The Labute approximate surface area is 123 Å². The number of ketones is 1. The van der Waals surface area contributed by atoms with E-state index in [0.29, 0.717) is 11.3 Å². The summed E-state index contributed by atoms with van der Waals surface area (Å²) in [6, 6.07) is 5.99. The molecule has 1 aromatic rings. The van der Waals surface area contributed by atoms with Gasteiger partial charge in [-0.15, -0.1) is 0 Å². The summed E-state index contributed by atoms with van der Waals surface area (Å²) in [5.41, 5.74) is 0.293. The summed E-state index contributed by atoms with van der Waals surface area (Å²) in [6.45, 7) is 6.29. The molecule has 0 aromatic heterocycles. The van der Waals surface area contributed by atoms with Crippen molar-refractivity contribution in [2.75, 3.05) is 11.9 Å². The molecule has 6 nitrogen and oxygen atoms in total. The maximum absolute atomic E-state index is 12.2. The average Bonchev–Trinajstić information content (AvgIpc) is 2.34. The summed E-state index contributed by atoms with van der Waals surface area (Å²) in [7, 11) is 0. The highest BCUT2D eigenvalue weighted by Crippen LogP contribution is 2.17. The van der Waals surface area contributed by atoms with Gasteiger partial charge < -0.3 is 15.3 Å². The normalized spacial score (nSPS) is 10.9. The molecule has 2 amide bonds. The quantitative estimate of drug-likeness (QED) is 0.835. The molecule has 114 valence electrons. The lowest BCUT2D eigenvalue weighted by Gasteiger charge is -2.34. The molecule has 0 atom stereocenters. The van der Waals surface area contributed by atoms with Crippen LogP contribution in [0.5, 0.6) is 0 Å². The molecule has 2 N–H and O–H groups in total. The molecule has 0 aliphatic heterocycles. The third-order valence-electron chi connectivity index (χ3n) is 2.87. The van der Waals surface area contributed by atoms with Gasteiger partial charge in [0.25, 0.3) is 0 Å². The minimum atomic E-state index is -1.09. The van der Waals surface area contributed by atoms with E-state index in [1.807, 2.05) is 0 Å². The van der Waals surface area contributed by atoms with Gasteiger partial charge >= 0.3 is 12.0 Å². The minimum absolute atomic E-state index is 0.107. The van der Waals surface area contributed by atoms with Gasteiger partial charge in [-0.3, -0.25) is 9.59 Å². The van der Waals surface area contributed by atoms with Crippen molar-refractivity contribution in [1.29, 1.82) is 0 Å². The van der Waals surface area contributed by atoms with Crippen LogP contribution in [0.2, 0.25) is 0 Å². The van der Waals surface area contributed by atoms with Crippen LogP contribution in [0.25, 0.3) is 0 Å². The van der Waals surface area contributed by atoms with Gasteiger partial charge in [0.2, 0.25) is 0 Å². The Morgan fingerprint density at radius 1 is 1.24 bits per heavy atom. The Bertz CT molecular complexity index is 561. The monoisotopic (exact) mass is 292 g/mol. The SMILES string of the molecule is CC(=O)c1cccc(NC(=O)N(CC(=O)O)C(C)(C)C)c1. The van der Waals surface area contributed by atoms with Crippen molar-refractivity contribution >= 4 is 23.5 Å². The van der Waals surface area contributed by atoms with E-state index in [2.05, 4.69) is 5.32 Å². The molecule has 0 saturated heterocycles. The second kappa shape index (κ2) is 6.39. The molecular formula is C15H20N2O4. The van der Waals surface area contributed by atoms with Crippen molar-refractivity contribution in [3.63, 3.8) is 0 Å². The van der Waals surface area contributed by atoms with Crippen molar-refractivity contribution in [1.82, 2.24) is 4.90 Å². The number of carbonyl (C=O) groups excluding carboxylic acids is 2. The lowest BCUT2D eigenvalue weighted by atomic mass is 10.1. The number of hydrogen-bond donors (Lipinski definition) is 2. The molecule has 0 spiro atoms. The number of Topliss-reactive ketones (excluding diaryl/α,β-unsaturated/α-hetero) is 1. The van der Waals surface area contributed by atoms with Gasteiger partial charge in [0.1, 0.15) is 6.54 Å². The lowest BCUT2D eigenvalue weighted by molar-refractivity contribution is -0.138. The fourth-order valence-electron chi connectivity index (χ4n) is 1.76. The molecule has 6 heteroatoms. The fraction of sp³-hybridized carbons (Fsp3) is 0.400. The number of urea groups is 1. The van der Waals surface area contributed by atoms with Crippen LogP contribution in [0, 0.1) is 0 Å². The standard InChI is InChI=1S/C15H20N2O4/c1-10(18)11-6-5-7-12(8-11)16-14(21)17(9-13(19)20)15(2,3)4/h5-8H,9H2,1-4H3,(H,16,21)(H,19,20). The number of carboxylic acids is 1.